The van der Waals surface area contributed by atoms with Crippen molar-refractivity contribution >= 4 is 23.8 Å². The highest BCUT2D eigenvalue weighted by Crippen LogP contribution is 2.27. The molecule has 27 heavy (non-hydrogen) atoms. The highest BCUT2D eigenvalue weighted by molar-refractivity contribution is 8.03. The Bertz CT molecular complexity index is 953. The molecule has 2 aromatic carbocycles. The molecule has 0 spiro atoms. The van der Waals surface area contributed by atoms with Gasteiger partial charge in [-0.2, -0.15) is 0 Å². The third kappa shape index (κ3) is 5.42. The van der Waals surface area contributed by atoms with Crippen molar-refractivity contribution in [2.75, 3.05) is 0 Å². The Hall–Kier alpha value is -3.13. The van der Waals surface area contributed by atoms with Crippen LogP contribution in [0.5, 0.6) is 5.75 Å². The number of hydrogen-bond donors (Lipinski definition) is 0. The summed E-state index contributed by atoms with van der Waals surface area (Å²) in [4.78, 5) is 11.3. The zero-order valence-electron chi connectivity index (χ0n) is 14.2. The second-order valence-corrected chi connectivity index (χ2v) is 6.46. The first-order chi connectivity index (χ1) is 13.0. The number of hydrogen-bond acceptors (Lipinski definition) is 7. The molecule has 3 rings (SSSR count). The molecule has 0 aliphatic heterocycles. The van der Waals surface area contributed by atoms with Crippen LogP contribution in [-0.4, -0.2) is 16.2 Å². The number of benzene rings is 2. The maximum atomic E-state index is 12.9. The van der Waals surface area contributed by atoms with E-state index in [1.807, 2.05) is 0 Å². The van der Waals surface area contributed by atoms with Crippen molar-refractivity contribution in [1.29, 1.82) is 0 Å². The fraction of sp³-hybridized carbons (Fsp3) is 0.105. The lowest BCUT2D eigenvalue weighted by Gasteiger charge is -2.08. The predicted molar refractivity (Wildman–Crippen MR) is 95.1 cm³/mol. The van der Waals surface area contributed by atoms with Gasteiger partial charge in [0.1, 0.15) is 18.2 Å². The van der Waals surface area contributed by atoms with Gasteiger partial charge < -0.3 is 19.1 Å². The normalized spacial score (nSPS) is 11.4. The Morgan fingerprint density at radius 1 is 1.19 bits per heavy atom. The Morgan fingerprint density at radius 3 is 2.48 bits per heavy atom. The first-order valence-electron chi connectivity index (χ1n) is 7.88. The molecular weight excluding hydrogens is 371 g/mol. The molecule has 0 saturated carbocycles. The van der Waals surface area contributed by atoms with Crippen molar-refractivity contribution in [1.82, 2.24) is 10.2 Å². The molecule has 0 atom stereocenters. The first kappa shape index (κ1) is 18.7. The van der Waals surface area contributed by atoms with Crippen molar-refractivity contribution in [2.24, 2.45) is 0 Å². The highest BCUT2D eigenvalue weighted by Gasteiger charge is 2.09. The molecule has 0 radical (unpaired) electrons. The van der Waals surface area contributed by atoms with E-state index < -0.39 is 5.97 Å². The summed E-state index contributed by atoms with van der Waals surface area (Å²) >= 11 is 0.822. The summed E-state index contributed by atoms with van der Waals surface area (Å²) in [6, 6.07) is 12.9. The van der Waals surface area contributed by atoms with Gasteiger partial charge in [0.25, 0.3) is 5.22 Å². The van der Waals surface area contributed by atoms with E-state index in [0.29, 0.717) is 23.8 Å². The number of nitrogens with zero attached hydrogens (tertiary/aromatic N) is 2. The second kappa shape index (κ2) is 8.50. The molecular formula is C19H14FN2O4S-. The monoisotopic (exact) mass is 385 g/mol. The van der Waals surface area contributed by atoms with Gasteiger partial charge in [-0.25, -0.2) is 4.39 Å². The third-order valence-electron chi connectivity index (χ3n) is 3.40. The molecule has 0 fully saturated rings. The topological polar surface area (TPSA) is 88.3 Å². The summed E-state index contributed by atoms with van der Waals surface area (Å²) in [5.41, 5.74) is 1.48. The van der Waals surface area contributed by atoms with Gasteiger partial charge in [-0.15, -0.1) is 10.2 Å². The molecule has 0 bridgehead atoms. The maximum Gasteiger partial charge on any atom is 0.281 e. The van der Waals surface area contributed by atoms with E-state index in [1.54, 1.807) is 43.3 Å². The second-order valence-electron chi connectivity index (χ2n) is 5.47. The first-order valence-corrected chi connectivity index (χ1v) is 8.69. The van der Waals surface area contributed by atoms with Crippen LogP contribution in [-0.2, 0) is 11.4 Å². The Labute approximate surface area is 158 Å². The largest absolute Gasteiger partial charge is 0.544 e. The fourth-order valence-corrected chi connectivity index (χ4v) is 2.81. The van der Waals surface area contributed by atoms with E-state index >= 15 is 0 Å². The summed E-state index contributed by atoms with van der Waals surface area (Å²) in [7, 11) is 0. The van der Waals surface area contributed by atoms with E-state index in [0.717, 1.165) is 17.3 Å². The fourth-order valence-electron chi connectivity index (χ4n) is 2.10. The van der Waals surface area contributed by atoms with Gasteiger partial charge in [0.05, 0.1) is 5.97 Å². The van der Waals surface area contributed by atoms with Crippen LogP contribution in [0.4, 0.5) is 4.39 Å². The standard InChI is InChI=1S/C19H15FN2O4S/c1-12-21-22-19(26-12)27-17(18(23)24)10-13-4-8-16(9-5-13)25-11-14-2-6-15(20)7-3-14/h2-10H,11H2,1H3,(H,23,24)/p-1/b17-10-. The number of thioether (sulfide) groups is 1. The van der Waals surface area contributed by atoms with Gasteiger partial charge in [0.15, 0.2) is 0 Å². The minimum atomic E-state index is -1.34. The van der Waals surface area contributed by atoms with Crippen molar-refractivity contribution in [2.45, 2.75) is 18.8 Å². The Morgan fingerprint density at radius 2 is 1.89 bits per heavy atom. The van der Waals surface area contributed by atoms with Crippen LogP contribution in [0.2, 0.25) is 0 Å². The van der Waals surface area contributed by atoms with Gasteiger partial charge in [-0.1, -0.05) is 24.3 Å². The number of rotatable bonds is 7. The minimum absolute atomic E-state index is 0.0568. The van der Waals surface area contributed by atoms with E-state index in [2.05, 4.69) is 10.2 Å². The number of aryl methyl sites for hydroxylation is 1. The summed E-state index contributed by atoms with van der Waals surface area (Å²) in [6.07, 6.45) is 1.45. The van der Waals surface area contributed by atoms with Crippen LogP contribution < -0.4 is 9.84 Å². The van der Waals surface area contributed by atoms with Gasteiger partial charge in [0, 0.05) is 11.8 Å². The molecule has 0 amide bonds. The molecule has 0 aliphatic carbocycles. The zero-order chi connectivity index (χ0) is 19.2. The van der Waals surface area contributed by atoms with Crippen LogP contribution in [0.1, 0.15) is 17.0 Å². The summed E-state index contributed by atoms with van der Waals surface area (Å²) in [6.45, 7) is 1.91. The lowest BCUT2D eigenvalue weighted by molar-refractivity contribution is -0.298. The van der Waals surface area contributed by atoms with Gasteiger partial charge in [-0.05, 0) is 53.2 Å². The lowest BCUT2D eigenvalue weighted by atomic mass is 10.2. The quantitative estimate of drug-likeness (QED) is 0.456. The number of halogens is 1. The zero-order valence-corrected chi connectivity index (χ0v) is 15.0. The van der Waals surface area contributed by atoms with E-state index in [4.69, 9.17) is 9.15 Å². The molecule has 0 unspecified atom stereocenters. The molecule has 8 heteroatoms. The molecule has 3 aromatic rings. The number of carboxylic acid groups (broad SMARTS) is 1. The van der Waals surface area contributed by atoms with Crippen LogP contribution in [0.15, 0.2) is 63.1 Å². The van der Waals surface area contributed by atoms with Crippen molar-refractivity contribution < 1.29 is 23.4 Å². The molecule has 1 heterocycles. The number of aliphatic carboxylic acids is 1. The highest BCUT2D eigenvalue weighted by atomic mass is 32.2. The van der Waals surface area contributed by atoms with Crippen LogP contribution in [0.25, 0.3) is 6.08 Å². The summed E-state index contributed by atoms with van der Waals surface area (Å²) in [5, 5.41) is 18.9. The van der Waals surface area contributed by atoms with Gasteiger partial charge >= 0.3 is 0 Å². The lowest BCUT2D eigenvalue weighted by Crippen LogP contribution is -2.23. The van der Waals surface area contributed by atoms with E-state index in [9.17, 15) is 14.3 Å². The Balaban J connectivity index is 1.66. The maximum absolute atomic E-state index is 12.9. The average Bonchev–Trinajstić information content (AvgIpc) is 3.06. The van der Waals surface area contributed by atoms with E-state index in [1.165, 1.54) is 18.2 Å². The number of carbonyl (C=O) groups is 1. The molecule has 0 aliphatic rings. The molecule has 138 valence electrons. The van der Waals surface area contributed by atoms with Gasteiger partial charge in [0.2, 0.25) is 5.89 Å². The SMILES string of the molecule is Cc1nnc(S/C(=C\c2ccc(OCc3ccc(F)cc3)cc2)C(=O)[O-])o1. The smallest absolute Gasteiger partial charge is 0.281 e. The molecule has 1 aromatic heterocycles. The van der Waals surface area contributed by atoms with Crippen molar-refractivity contribution in [3.05, 3.63) is 76.3 Å². The number of ether oxygens (including phenoxy) is 1. The predicted octanol–water partition coefficient (Wildman–Crippen LogP) is 2.98. The van der Waals surface area contributed by atoms with Crippen LogP contribution in [0.3, 0.4) is 0 Å². The molecule has 6 nitrogen and oxygen atoms in total. The molecule has 0 N–H and O–H groups in total. The van der Waals surface area contributed by atoms with Crippen molar-refractivity contribution in [3.63, 3.8) is 0 Å². The van der Waals surface area contributed by atoms with Gasteiger partial charge in [-0.3, -0.25) is 0 Å². The number of carbonyl (C=O) groups excluding carboxylic acids is 1. The molecule has 0 saturated heterocycles. The third-order valence-corrected chi connectivity index (χ3v) is 4.25. The number of aromatic nitrogens is 2. The van der Waals surface area contributed by atoms with E-state index in [-0.39, 0.29) is 15.9 Å². The minimum Gasteiger partial charge on any atom is -0.544 e. The summed E-state index contributed by atoms with van der Waals surface area (Å²) in [5.74, 6) is -0.691. The van der Waals surface area contributed by atoms with Crippen molar-refractivity contribution in [3.8, 4) is 5.75 Å². The Kier molecular flexibility index (Phi) is 5.87. The summed E-state index contributed by atoms with van der Waals surface area (Å²) < 4.78 is 23.7. The number of carboxylic acids is 1. The van der Waals surface area contributed by atoms with Crippen LogP contribution >= 0.6 is 11.8 Å². The van der Waals surface area contributed by atoms with Crippen LogP contribution in [0, 0.1) is 12.7 Å². The average molecular weight is 385 g/mol.